The minimum absolute atomic E-state index is 0.0141. The summed E-state index contributed by atoms with van der Waals surface area (Å²) in [6, 6.07) is 8.41. The van der Waals surface area contributed by atoms with Crippen molar-refractivity contribution in [2.24, 2.45) is 0 Å². The number of anilines is 2. The average Bonchev–Trinajstić information content (AvgIpc) is 3.39. The molecule has 230 valence electrons. The second-order valence-electron chi connectivity index (χ2n) is 11.6. The number of hydrogen-bond acceptors (Lipinski definition) is 8. The Morgan fingerprint density at radius 3 is 2.56 bits per heavy atom. The number of carbonyl (C=O) groups is 1. The number of aromatic nitrogens is 2. The van der Waals surface area contributed by atoms with Crippen molar-refractivity contribution in [2.75, 3.05) is 63.1 Å². The van der Waals surface area contributed by atoms with Crippen LogP contribution < -0.4 is 15.5 Å². The molecular weight excluding hydrogens is 576 g/mol. The zero-order valence-electron chi connectivity index (χ0n) is 24.2. The van der Waals surface area contributed by atoms with E-state index in [0.29, 0.717) is 29.3 Å². The average molecular weight is 614 g/mol. The number of nitrogens with zero attached hydrogens (tertiary/aromatic N) is 4. The minimum atomic E-state index is -4.16. The van der Waals surface area contributed by atoms with E-state index in [1.165, 1.54) is 4.31 Å². The predicted molar refractivity (Wildman–Crippen MR) is 160 cm³/mol. The second-order valence-corrected chi connectivity index (χ2v) is 13.6. The summed E-state index contributed by atoms with van der Waals surface area (Å²) in [5.74, 6) is -2.05. The van der Waals surface area contributed by atoms with E-state index < -0.39 is 26.6 Å². The van der Waals surface area contributed by atoms with Gasteiger partial charge in [-0.3, -0.25) is 9.89 Å². The smallest absolute Gasteiger partial charge is 0.243 e. The summed E-state index contributed by atoms with van der Waals surface area (Å²) in [6.45, 7) is 5.65. The van der Waals surface area contributed by atoms with Crippen molar-refractivity contribution < 1.29 is 22.0 Å². The van der Waals surface area contributed by atoms with E-state index in [2.05, 4.69) is 43.7 Å². The number of Topliss-reactive ketones (excluding diaryl/α,β-unsaturated/α-hetero) is 1. The van der Waals surface area contributed by atoms with Gasteiger partial charge in [-0.25, -0.2) is 17.2 Å². The topological polar surface area (TPSA) is 114 Å². The van der Waals surface area contributed by atoms with Crippen molar-refractivity contribution in [3.63, 3.8) is 0 Å². The maximum atomic E-state index is 13.8. The number of piperidine rings is 1. The predicted octanol–water partition coefficient (Wildman–Crippen LogP) is 2.78. The number of hydrogen-bond donors (Lipinski definition) is 3. The van der Waals surface area contributed by atoms with Gasteiger partial charge in [0.1, 0.15) is 11.6 Å². The first-order valence-corrected chi connectivity index (χ1v) is 16.2. The van der Waals surface area contributed by atoms with Crippen LogP contribution in [0.15, 0.2) is 41.3 Å². The van der Waals surface area contributed by atoms with Crippen LogP contribution in [0.4, 0.5) is 20.2 Å². The molecule has 43 heavy (non-hydrogen) atoms. The number of sulfonamides is 1. The Labute approximate surface area is 250 Å². The maximum Gasteiger partial charge on any atom is 0.243 e. The third kappa shape index (κ3) is 6.44. The summed E-state index contributed by atoms with van der Waals surface area (Å²) in [6.07, 6.45) is 2.39. The van der Waals surface area contributed by atoms with Crippen molar-refractivity contribution in [1.82, 2.24) is 24.7 Å². The second kappa shape index (κ2) is 12.3. The van der Waals surface area contributed by atoms with Gasteiger partial charge in [-0.05, 0) is 56.8 Å². The number of halogens is 2. The molecule has 2 saturated heterocycles. The molecule has 3 N–H and O–H groups in total. The van der Waals surface area contributed by atoms with E-state index in [0.717, 1.165) is 81.3 Å². The summed E-state index contributed by atoms with van der Waals surface area (Å²) in [5.41, 5.74) is 4.28. The van der Waals surface area contributed by atoms with Crippen LogP contribution >= 0.6 is 0 Å². The van der Waals surface area contributed by atoms with Crippen LogP contribution in [0, 0.1) is 11.6 Å². The monoisotopic (exact) mass is 613 g/mol. The molecule has 13 heteroatoms. The van der Waals surface area contributed by atoms with E-state index in [-0.39, 0.29) is 31.3 Å². The molecule has 4 heterocycles. The standard InChI is InChI=1S/C30H37F2N7O3S/c1-37-9-11-38(12-10-37)23-4-5-25(28(16-23)34-22-3-2-7-33-18-22)30(40)17-29-26-19-39(8-6-27(26)35-36-29)43(41,42)24-14-20(31)13-21(32)15-24/h4-5,13-16,22,33-34H,2-3,6-12,17-19H2,1H3,(H,35,36). The Bertz CT molecular complexity index is 1580. The number of ketones is 1. The Morgan fingerprint density at radius 1 is 1.07 bits per heavy atom. The van der Waals surface area contributed by atoms with Gasteiger partial charge in [0.05, 0.1) is 17.0 Å². The Kier molecular flexibility index (Phi) is 8.49. The Balaban J connectivity index is 1.24. The molecule has 1 unspecified atom stereocenters. The van der Waals surface area contributed by atoms with E-state index in [1.807, 2.05) is 12.1 Å². The van der Waals surface area contributed by atoms with Crippen LogP contribution in [0.2, 0.25) is 0 Å². The molecular formula is C30H37F2N7O3S. The SMILES string of the molecule is CN1CCN(c2ccc(C(=O)Cc3n[nH]c4c3CN(S(=O)(=O)c3cc(F)cc(F)c3)CC4)c(NC3CCCNC3)c2)CC1. The number of rotatable bonds is 8. The summed E-state index contributed by atoms with van der Waals surface area (Å²) < 4.78 is 55.4. The molecule has 0 saturated carbocycles. The zero-order chi connectivity index (χ0) is 30.1. The van der Waals surface area contributed by atoms with E-state index in [9.17, 15) is 22.0 Å². The Morgan fingerprint density at radius 2 is 1.84 bits per heavy atom. The molecule has 0 bridgehead atoms. The molecule has 3 aliphatic rings. The third-order valence-electron chi connectivity index (χ3n) is 8.61. The number of aromatic amines is 1. The molecule has 6 rings (SSSR count). The lowest BCUT2D eigenvalue weighted by Gasteiger charge is -2.34. The van der Waals surface area contributed by atoms with Crippen LogP contribution in [0.3, 0.4) is 0 Å². The van der Waals surface area contributed by atoms with Crippen LogP contribution in [-0.4, -0.2) is 92.5 Å². The van der Waals surface area contributed by atoms with Crippen molar-refractivity contribution in [3.8, 4) is 0 Å². The molecule has 2 aromatic carbocycles. The largest absolute Gasteiger partial charge is 0.380 e. The number of piperazine rings is 1. The molecule has 10 nitrogen and oxygen atoms in total. The first kappa shape index (κ1) is 29.7. The number of H-pyrrole nitrogens is 1. The highest BCUT2D eigenvalue weighted by atomic mass is 32.2. The molecule has 0 amide bonds. The van der Waals surface area contributed by atoms with Gasteiger partial charge in [0.2, 0.25) is 10.0 Å². The molecule has 3 aromatic rings. The number of carbonyl (C=O) groups excluding carboxylic acids is 1. The number of likely N-dealkylation sites (N-methyl/N-ethyl adjacent to an activating group) is 1. The van der Waals surface area contributed by atoms with Gasteiger partial charge < -0.3 is 20.4 Å². The third-order valence-corrected chi connectivity index (χ3v) is 10.4. The molecule has 1 atom stereocenters. The summed E-state index contributed by atoms with van der Waals surface area (Å²) in [5, 5.41) is 14.4. The quantitative estimate of drug-likeness (QED) is 0.333. The molecule has 3 aliphatic heterocycles. The summed E-state index contributed by atoms with van der Waals surface area (Å²) in [7, 11) is -2.05. The van der Waals surface area contributed by atoms with Crippen LogP contribution in [0.25, 0.3) is 0 Å². The number of benzene rings is 2. The first-order chi connectivity index (χ1) is 20.7. The van der Waals surface area contributed by atoms with Gasteiger partial charge in [0.25, 0.3) is 0 Å². The highest BCUT2D eigenvalue weighted by Crippen LogP contribution is 2.30. The lowest BCUT2D eigenvalue weighted by molar-refractivity contribution is 0.0992. The van der Waals surface area contributed by atoms with Gasteiger partial charge in [-0.2, -0.15) is 9.40 Å². The van der Waals surface area contributed by atoms with Crippen LogP contribution in [0.5, 0.6) is 0 Å². The maximum absolute atomic E-state index is 13.8. The normalized spacial score (nSPS) is 20.2. The van der Waals surface area contributed by atoms with Gasteiger partial charge in [0, 0.05) is 92.5 Å². The minimum Gasteiger partial charge on any atom is -0.380 e. The van der Waals surface area contributed by atoms with Crippen molar-refractivity contribution in [2.45, 2.75) is 43.2 Å². The first-order valence-electron chi connectivity index (χ1n) is 14.8. The Hall–Kier alpha value is -3.39. The van der Waals surface area contributed by atoms with Gasteiger partial charge >= 0.3 is 0 Å². The van der Waals surface area contributed by atoms with Crippen molar-refractivity contribution in [1.29, 1.82) is 0 Å². The van der Waals surface area contributed by atoms with E-state index in [1.54, 1.807) is 0 Å². The van der Waals surface area contributed by atoms with Gasteiger partial charge in [-0.1, -0.05) is 0 Å². The highest BCUT2D eigenvalue weighted by Gasteiger charge is 2.32. The van der Waals surface area contributed by atoms with Crippen molar-refractivity contribution >= 4 is 27.2 Å². The fraction of sp³-hybridized carbons (Fsp3) is 0.467. The fourth-order valence-electron chi connectivity index (χ4n) is 6.11. The lowest BCUT2D eigenvalue weighted by atomic mass is 9.98. The molecule has 2 fully saturated rings. The molecule has 0 aliphatic carbocycles. The van der Waals surface area contributed by atoms with E-state index >= 15 is 0 Å². The van der Waals surface area contributed by atoms with Gasteiger partial charge in [0.15, 0.2) is 5.78 Å². The molecule has 0 spiro atoms. The number of nitrogens with one attached hydrogen (secondary N) is 3. The number of fused-ring (bicyclic) bond motifs is 1. The molecule has 1 aromatic heterocycles. The van der Waals surface area contributed by atoms with Crippen LogP contribution in [-0.2, 0) is 29.4 Å². The van der Waals surface area contributed by atoms with Gasteiger partial charge in [-0.15, -0.1) is 0 Å². The van der Waals surface area contributed by atoms with E-state index in [4.69, 9.17) is 0 Å². The highest BCUT2D eigenvalue weighted by molar-refractivity contribution is 7.89. The molecule has 0 radical (unpaired) electrons. The summed E-state index contributed by atoms with van der Waals surface area (Å²) in [4.78, 5) is 18.0. The zero-order valence-corrected chi connectivity index (χ0v) is 25.0. The summed E-state index contributed by atoms with van der Waals surface area (Å²) >= 11 is 0. The van der Waals surface area contributed by atoms with Crippen LogP contribution in [0.1, 0.15) is 40.2 Å². The lowest BCUT2D eigenvalue weighted by Crippen LogP contribution is -2.44. The fourth-order valence-corrected chi connectivity index (χ4v) is 7.56. The van der Waals surface area contributed by atoms with Crippen molar-refractivity contribution in [3.05, 3.63) is 70.5 Å².